The number of piperidine rings is 1. The van der Waals surface area contributed by atoms with Crippen LogP contribution in [0.5, 0.6) is 0 Å². The van der Waals surface area contributed by atoms with Gasteiger partial charge in [-0.25, -0.2) is 8.42 Å². The van der Waals surface area contributed by atoms with Crippen LogP contribution in [0.25, 0.3) is 11.3 Å². The Morgan fingerprint density at radius 1 is 0.962 bits per heavy atom. The predicted octanol–water partition coefficient (Wildman–Crippen LogP) is 3.28. The van der Waals surface area contributed by atoms with Gasteiger partial charge in [-0.1, -0.05) is 19.1 Å². The van der Waals surface area contributed by atoms with E-state index < -0.39 is 10.0 Å². The van der Waals surface area contributed by atoms with Crippen molar-refractivity contribution in [3.05, 3.63) is 36.4 Å². The highest BCUT2D eigenvalue weighted by Gasteiger charge is 2.35. The maximum atomic E-state index is 12.0. The summed E-state index contributed by atoms with van der Waals surface area (Å²) < 4.78 is 26.6. The molecular formula is C19H24N4O2S. The summed E-state index contributed by atoms with van der Waals surface area (Å²) in [5.41, 5.74) is 2.30. The molecule has 4 rings (SSSR count). The lowest BCUT2D eigenvalue weighted by Gasteiger charge is -2.30. The molecule has 0 amide bonds. The molecule has 138 valence electrons. The Bertz CT molecular complexity index is 853. The largest absolute Gasteiger partial charge is 0.355 e. The fourth-order valence-corrected chi connectivity index (χ4v) is 4.61. The molecule has 0 spiro atoms. The van der Waals surface area contributed by atoms with Crippen LogP contribution in [0.4, 0.5) is 11.5 Å². The van der Waals surface area contributed by atoms with Crippen LogP contribution in [-0.4, -0.2) is 37.0 Å². The van der Waals surface area contributed by atoms with Crippen molar-refractivity contribution in [3.8, 4) is 11.3 Å². The van der Waals surface area contributed by atoms with E-state index >= 15 is 0 Å². The SMILES string of the molecule is CC1CCN(c2ccc(-c3ccc(NS(=O)(=O)C4CC4)cc3)nn2)CC1. The van der Waals surface area contributed by atoms with Gasteiger partial charge in [0.25, 0.3) is 0 Å². The van der Waals surface area contributed by atoms with E-state index in [0.29, 0.717) is 5.69 Å². The molecule has 6 nitrogen and oxygen atoms in total. The minimum atomic E-state index is -3.22. The van der Waals surface area contributed by atoms with E-state index in [1.807, 2.05) is 24.3 Å². The quantitative estimate of drug-likeness (QED) is 0.872. The number of anilines is 2. The molecule has 1 aromatic carbocycles. The number of hydrogen-bond donors (Lipinski definition) is 1. The number of hydrogen-bond acceptors (Lipinski definition) is 5. The first kappa shape index (κ1) is 17.3. The van der Waals surface area contributed by atoms with Crippen molar-refractivity contribution in [1.82, 2.24) is 10.2 Å². The molecule has 2 fully saturated rings. The third-order valence-electron chi connectivity index (χ3n) is 5.16. The molecule has 1 saturated carbocycles. The van der Waals surface area contributed by atoms with Crippen LogP contribution in [0, 0.1) is 5.92 Å². The van der Waals surface area contributed by atoms with Gasteiger partial charge in [0.1, 0.15) is 0 Å². The van der Waals surface area contributed by atoms with Crippen molar-refractivity contribution in [2.75, 3.05) is 22.7 Å². The van der Waals surface area contributed by atoms with Gasteiger partial charge in [-0.05, 0) is 55.9 Å². The normalized spacial score (nSPS) is 18.7. The molecule has 0 bridgehead atoms. The number of nitrogens with zero attached hydrogens (tertiary/aromatic N) is 3. The fourth-order valence-electron chi connectivity index (χ4n) is 3.22. The van der Waals surface area contributed by atoms with Gasteiger partial charge in [-0.15, -0.1) is 10.2 Å². The lowest BCUT2D eigenvalue weighted by molar-refractivity contribution is 0.436. The minimum Gasteiger partial charge on any atom is -0.355 e. The Morgan fingerprint density at radius 2 is 1.65 bits per heavy atom. The average molecular weight is 372 g/mol. The second kappa shape index (κ2) is 6.87. The van der Waals surface area contributed by atoms with E-state index in [0.717, 1.165) is 48.9 Å². The van der Waals surface area contributed by atoms with E-state index in [1.54, 1.807) is 12.1 Å². The predicted molar refractivity (Wildman–Crippen MR) is 104 cm³/mol. The number of rotatable bonds is 5. The highest BCUT2D eigenvalue weighted by Crippen LogP contribution is 2.30. The van der Waals surface area contributed by atoms with Gasteiger partial charge in [0.05, 0.1) is 10.9 Å². The third kappa shape index (κ3) is 3.82. The number of benzene rings is 1. The molecule has 7 heteroatoms. The van der Waals surface area contributed by atoms with Gasteiger partial charge in [0, 0.05) is 24.3 Å². The van der Waals surface area contributed by atoms with E-state index in [4.69, 9.17) is 0 Å². The van der Waals surface area contributed by atoms with Crippen molar-refractivity contribution >= 4 is 21.5 Å². The zero-order chi connectivity index (χ0) is 18.1. The lowest BCUT2D eigenvalue weighted by Crippen LogP contribution is -2.33. The van der Waals surface area contributed by atoms with Crippen LogP contribution in [0.15, 0.2) is 36.4 Å². The zero-order valence-electron chi connectivity index (χ0n) is 14.9. The zero-order valence-corrected chi connectivity index (χ0v) is 15.7. The van der Waals surface area contributed by atoms with Crippen LogP contribution in [0.2, 0.25) is 0 Å². The van der Waals surface area contributed by atoms with E-state index in [1.165, 1.54) is 12.8 Å². The van der Waals surface area contributed by atoms with Crippen LogP contribution < -0.4 is 9.62 Å². The number of aromatic nitrogens is 2. The van der Waals surface area contributed by atoms with Crippen molar-refractivity contribution < 1.29 is 8.42 Å². The van der Waals surface area contributed by atoms with Crippen molar-refractivity contribution in [1.29, 1.82) is 0 Å². The standard InChI is InChI=1S/C19H24N4O2S/c1-14-10-12-23(13-11-14)19-9-8-18(20-21-19)15-2-4-16(5-3-15)22-26(24,25)17-6-7-17/h2-5,8-9,14,17,22H,6-7,10-13H2,1H3. The number of sulfonamides is 1. The molecule has 2 aliphatic rings. The Balaban J connectivity index is 1.44. The van der Waals surface area contributed by atoms with Gasteiger partial charge >= 0.3 is 0 Å². The first-order chi connectivity index (χ1) is 12.5. The highest BCUT2D eigenvalue weighted by molar-refractivity contribution is 7.93. The van der Waals surface area contributed by atoms with E-state index in [-0.39, 0.29) is 5.25 Å². The van der Waals surface area contributed by atoms with Crippen molar-refractivity contribution in [3.63, 3.8) is 0 Å². The molecule has 1 saturated heterocycles. The maximum Gasteiger partial charge on any atom is 0.235 e. The van der Waals surface area contributed by atoms with Crippen LogP contribution in [0.1, 0.15) is 32.6 Å². The van der Waals surface area contributed by atoms with Gasteiger partial charge in [0.15, 0.2) is 5.82 Å². The number of nitrogens with one attached hydrogen (secondary N) is 1. The monoisotopic (exact) mass is 372 g/mol. The molecular weight excluding hydrogens is 348 g/mol. The van der Waals surface area contributed by atoms with Crippen LogP contribution in [-0.2, 0) is 10.0 Å². The molecule has 1 aliphatic carbocycles. The molecule has 0 unspecified atom stereocenters. The summed E-state index contributed by atoms with van der Waals surface area (Å²) >= 11 is 0. The summed E-state index contributed by atoms with van der Waals surface area (Å²) in [6, 6.07) is 11.3. The fraction of sp³-hybridized carbons (Fsp3) is 0.474. The Kier molecular flexibility index (Phi) is 4.56. The summed E-state index contributed by atoms with van der Waals surface area (Å²) in [7, 11) is -3.22. The van der Waals surface area contributed by atoms with Gasteiger partial charge in [-0.2, -0.15) is 0 Å². The average Bonchev–Trinajstić information content (AvgIpc) is 3.49. The Morgan fingerprint density at radius 3 is 2.23 bits per heavy atom. The van der Waals surface area contributed by atoms with Crippen molar-refractivity contribution in [2.24, 2.45) is 5.92 Å². The third-order valence-corrected chi connectivity index (χ3v) is 7.03. The summed E-state index contributed by atoms with van der Waals surface area (Å²) in [5, 5.41) is 8.51. The highest BCUT2D eigenvalue weighted by atomic mass is 32.2. The van der Waals surface area contributed by atoms with Crippen molar-refractivity contribution in [2.45, 2.75) is 37.9 Å². The summed E-state index contributed by atoms with van der Waals surface area (Å²) in [4.78, 5) is 2.28. The van der Waals surface area contributed by atoms with Gasteiger partial charge < -0.3 is 4.90 Å². The minimum absolute atomic E-state index is 0.224. The second-order valence-corrected chi connectivity index (χ2v) is 9.33. The second-order valence-electron chi connectivity index (χ2n) is 7.37. The summed E-state index contributed by atoms with van der Waals surface area (Å²) in [5.74, 6) is 1.71. The molecule has 0 atom stereocenters. The molecule has 1 aromatic heterocycles. The van der Waals surface area contributed by atoms with Gasteiger partial charge in [-0.3, -0.25) is 4.72 Å². The molecule has 1 aliphatic heterocycles. The molecule has 2 heterocycles. The molecule has 2 aromatic rings. The first-order valence-electron chi connectivity index (χ1n) is 9.22. The van der Waals surface area contributed by atoms with Crippen LogP contribution in [0.3, 0.4) is 0 Å². The van der Waals surface area contributed by atoms with Gasteiger partial charge in [0.2, 0.25) is 10.0 Å². The van der Waals surface area contributed by atoms with E-state index in [9.17, 15) is 8.42 Å². The molecule has 26 heavy (non-hydrogen) atoms. The first-order valence-corrected chi connectivity index (χ1v) is 10.8. The van der Waals surface area contributed by atoms with Crippen LogP contribution >= 0.6 is 0 Å². The molecule has 0 radical (unpaired) electrons. The summed E-state index contributed by atoms with van der Waals surface area (Å²) in [6.07, 6.45) is 3.90. The smallest absolute Gasteiger partial charge is 0.235 e. The topological polar surface area (TPSA) is 75.2 Å². The maximum absolute atomic E-state index is 12.0. The van der Waals surface area contributed by atoms with E-state index in [2.05, 4.69) is 26.7 Å². The lowest BCUT2D eigenvalue weighted by atomic mass is 9.99. The molecule has 1 N–H and O–H groups in total. The summed E-state index contributed by atoms with van der Waals surface area (Å²) in [6.45, 7) is 4.36. The Hall–Kier alpha value is -2.15. The Labute approximate surface area is 154 Å².